The Bertz CT molecular complexity index is 480. The van der Waals surface area contributed by atoms with Crippen molar-refractivity contribution in [2.24, 2.45) is 0 Å². The molecule has 1 aliphatic heterocycles. The minimum atomic E-state index is -4.40. The molecule has 2 N–H and O–H groups in total. The average molecular weight is 337 g/mol. The molecule has 1 atom stereocenters. The van der Waals surface area contributed by atoms with Crippen LogP contribution in [0.2, 0.25) is 0 Å². The van der Waals surface area contributed by atoms with Gasteiger partial charge in [-0.1, -0.05) is 15.9 Å². The van der Waals surface area contributed by atoms with Crippen molar-refractivity contribution in [1.29, 1.82) is 0 Å². The number of halogens is 4. The molecule has 0 aliphatic carbocycles. The largest absolute Gasteiger partial charge is 0.418 e. The highest BCUT2D eigenvalue weighted by Gasteiger charge is 2.34. The maximum absolute atomic E-state index is 12.9. The number of carbonyl (C=O) groups is 1. The summed E-state index contributed by atoms with van der Waals surface area (Å²) < 4.78 is 39.2. The molecule has 1 aromatic carbocycles. The van der Waals surface area contributed by atoms with Gasteiger partial charge in [-0.2, -0.15) is 13.2 Å². The molecular formula is C12H12BrF3N2O. The minimum Gasteiger partial charge on any atom is -0.380 e. The molecule has 0 spiro atoms. The van der Waals surface area contributed by atoms with Crippen LogP contribution >= 0.6 is 15.9 Å². The van der Waals surface area contributed by atoms with Crippen LogP contribution in [-0.4, -0.2) is 18.5 Å². The topological polar surface area (TPSA) is 41.1 Å². The molecule has 0 radical (unpaired) electrons. The van der Waals surface area contributed by atoms with E-state index in [0.717, 1.165) is 6.07 Å². The molecule has 1 unspecified atom stereocenters. The Kier molecular flexibility index (Phi) is 4.03. The van der Waals surface area contributed by atoms with Crippen LogP contribution < -0.4 is 10.6 Å². The van der Waals surface area contributed by atoms with E-state index in [1.807, 2.05) is 0 Å². The third-order valence-electron chi connectivity index (χ3n) is 2.91. The molecule has 0 aromatic heterocycles. The minimum absolute atomic E-state index is 0.0306. The molecule has 104 valence electrons. The average Bonchev–Trinajstić information content (AvgIpc) is 2.30. The Morgan fingerprint density at radius 1 is 1.37 bits per heavy atom. The van der Waals surface area contributed by atoms with E-state index in [0.29, 0.717) is 23.9 Å². The lowest BCUT2D eigenvalue weighted by Gasteiger charge is -2.26. The molecule has 1 amide bonds. The highest BCUT2D eigenvalue weighted by Crippen LogP contribution is 2.36. The van der Waals surface area contributed by atoms with E-state index in [2.05, 4.69) is 26.6 Å². The van der Waals surface area contributed by atoms with Crippen molar-refractivity contribution in [1.82, 2.24) is 5.32 Å². The SMILES string of the molecule is O=C1CCC(Nc2cc(Br)ccc2C(F)(F)F)CN1. The molecule has 0 saturated carbocycles. The maximum atomic E-state index is 12.9. The van der Waals surface area contributed by atoms with E-state index < -0.39 is 11.7 Å². The first kappa shape index (κ1) is 14.2. The van der Waals surface area contributed by atoms with Gasteiger partial charge in [-0.25, -0.2) is 0 Å². The maximum Gasteiger partial charge on any atom is 0.418 e. The first-order chi connectivity index (χ1) is 8.86. The van der Waals surface area contributed by atoms with Gasteiger partial charge in [0.05, 0.1) is 5.56 Å². The predicted molar refractivity (Wildman–Crippen MR) is 68.8 cm³/mol. The Morgan fingerprint density at radius 3 is 2.68 bits per heavy atom. The Morgan fingerprint density at radius 2 is 2.11 bits per heavy atom. The van der Waals surface area contributed by atoms with Crippen LogP contribution in [-0.2, 0) is 11.0 Å². The molecule has 0 bridgehead atoms. The fraction of sp³-hybridized carbons (Fsp3) is 0.417. The number of hydrogen-bond acceptors (Lipinski definition) is 2. The quantitative estimate of drug-likeness (QED) is 0.871. The van der Waals surface area contributed by atoms with Gasteiger partial charge in [0.2, 0.25) is 5.91 Å². The van der Waals surface area contributed by atoms with Crippen LogP contribution in [0.1, 0.15) is 18.4 Å². The first-order valence-corrected chi connectivity index (χ1v) is 6.55. The van der Waals surface area contributed by atoms with Crippen LogP contribution in [0, 0.1) is 0 Å². The number of piperidine rings is 1. The van der Waals surface area contributed by atoms with Crippen LogP contribution in [0.15, 0.2) is 22.7 Å². The second-order valence-electron chi connectivity index (χ2n) is 4.37. The number of hydrogen-bond donors (Lipinski definition) is 2. The van der Waals surface area contributed by atoms with Gasteiger partial charge in [0, 0.05) is 29.2 Å². The summed E-state index contributed by atoms with van der Waals surface area (Å²) in [4.78, 5) is 11.0. The molecule has 7 heteroatoms. The summed E-state index contributed by atoms with van der Waals surface area (Å²) in [6.45, 7) is 0.336. The molecule has 1 aliphatic rings. The predicted octanol–water partition coefficient (Wildman–Crippen LogP) is 3.16. The smallest absolute Gasteiger partial charge is 0.380 e. The van der Waals surface area contributed by atoms with E-state index in [9.17, 15) is 18.0 Å². The third-order valence-corrected chi connectivity index (χ3v) is 3.41. The van der Waals surface area contributed by atoms with Crippen molar-refractivity contribution in [3.05, 3.63) is 28.2 Å². The molecule has 1 heterocycles. The van der Waals surface area contributed by atoms with E-state index in [1.54, 1.807) is 0 Å². The zero-order valence-electron chi connectivity index (χ0n) is 9.85. The van der Waals surface area contributed by atoms with E-state index in [-0.39, 0.29) is 17.6 Å². The molecule has 2 rings (SSSR count). The summed E-state index contributed by atoms with van der Waals surface area (Å²) in [6, 6.07) is 3.61. The van der Waals surface area contributed by atoms with Crippen molar-refractivity contribution < 1.29 is 18.0 Å². The fourth-order valence-corrected chi connectivity index (χ4v) is 2.32. The Labute approximate surface area is 116 Å². The summed E-state index contributed by atoms with van der Waals surface area (Å²) in [5, 5.41) is 5.48. The summed E-state index contributed by atoms with van der Waals surface area (Å²) in [7, 11) is 0. The van der Waals surface area contributed by atoms with Crippen LogP contribution in [0.5, 0.6) is 0 Å². The van der Waals surface area contributed by atoms with Crippen molar-refractivity contribution in [2.75, 3.05) is 11.9 Å². The molecule has 1 saturated heterocycles. The van der Waals surface area contributed by atoms with Gasteiger partial charge in [0.15, 0.2) is 0 Å². The lowest BCUT2D eigenvalue weighted by Crippen LogP contribution is -2.42. The summed E-state index contributed by atoms with van der Waals surface area (Å²) in [5.41, 5.74) is -0.671. The van der Waals surface area contributed by atoms with Crippen molar-refractivity contribution in [3.63, 3.8) is 0 Å². The monoisotopic (exact) mass is 336 g/mol. The second-order valence-corrected chi connectivity index (χ2v) is 5.29. The number of rotatable bonds is 2. The van der Waals surface area contributed by atoms with Crippen LogP contribution in [0.4, 0.5) is 18.9 Å². The fourth-order valence-electron chi connectivity index (χ4n) is 1.96. The number of anilines is 1. The van der Waals surface area contributed by atoms with Gasteiger partial charge in [0.25, 0.3) is 0 Å². The van der Waals surface area contributed by atoms with Crippen molar-refractivity contribution in [3.8, 4) is 0 Å². The zero-order valence-corrected chi connectivity index (χ0v) is 11.4. The number of carbonyl (C=O) groups excluding carboxylic acids is 1. The first-order valence-electron chi connectivity index (χ1n) is 5.76. The van der Waals surface area contributed by atoms with Gasteiger partial charge in [-0.3, -0.25) is 4.79 Å². The molecular weight excluding hydrogens is 325 g/mol. The van der Waals surface area contributed by atoms with E-state index in [4.69, 9.17) is 0 Å². The zero-order chi connectivity index (χ0) is 14.0. The summed E-state index contributed by atoms with van der Waals surface area (Å²) >= 11 is 3.16. The number of amides is 1. The highest BCUT2D eigenvalue weighted by atomic mass is 79.9. The van der Waals surface area contributed by atoms with E-state index >= 15 is 0 Å². The van der Waals surface area contributed by atoms with E-state index in [1.165, 1.54) is 12.1 Å². The number of benzene rings is 1. The van der Waals surface area contributed by atoms with Gasteiger partial charge >= 0.3 is 6.18 Å². The molecule has 19 heavy (non-hydrogen) atoms. The molecule has 3 nitrogen and oxygen atoms in total. The standard InChI is InChI=1S/C12H12BrF3N2O/c13-7-1-3-9(12(14,15)16)10(5-7)18-8-2-4-11(19)17-6-8/h1,3,5,8,18H,2,4,6H2,(H,17,19). The molecule has 1 fully saturated rings. The van der Waals surface area contributed by atoms with Crippen molar-refractivity contribution in [2.45, 2.75) is 25.1 Å². The van der Waals surface area contributed by atoms with Gasteiger partial charge in [0.1, 0.15) is 0 Å². The number of nitrogens with one attached hydrogen (secondary N) is 2. The van der Waals surface area contributed by atoms with Crippen LogP contribution in [0.25, 0.3) is 0 Å². The lowest BCUT2D eigenvalue weighted by molar-refractivity contribution is -0.137. The third kappa shape index (κ3) is 3.62. The van der Waals surface area contributed by atoms with Crippen LogP contribution in [0.3, 0.4) is 0 Å². The lowest BCUT2D eigenvalue weighted by atomic mass is 10.1. The number of alkyl halides is 3. The highest BCUT2D eigenvalue weighted by molar-refractivity contribution is 9.10. The summed E-state index contributed by atoms with van der Waals surface area (Å²) in [6.07, 6.45) is -3.55. The Balaban J connectivity index is 2.19. The van der Waals surface area contributed by atoms with Gasteiger partial charge in [-0.05, 0) is 24.6 Å². The second kappa shape index (κ2) is 5.40. The summed E-state index contributed by atoms with van der Waals surface area (Å²) in [5.74, 6) is -0.0664. The molecule has 1 aromatic rings. The normalized spacial score (nSPS) is 20.0. The Hall–Kier alpha value is -1.24. The van der Waals surface area contributed by atoms with Crippen molar-refractivity contribution >= 4 is 27.5 Å². The van der Waals surface area contributed by atoms with Gasteiger partial charge in [-0.15, -0.1) is 0 Å². The van der Waals surface area contributed by atoms with Gasteiger partial charge < -0.3 is 10.6 Å².